The summed E-state index contributed by atoms with van der Waals surface area (Å²) >= 11 is 0. The van der Waals surface area contributed by atoms with Gasteiger partial charge in [0.1, 0.15) is 12.6 Å². The number of carbonyl (C=O) groups excluding carboxylic acids is 2. The van der Waals surface area contributed by atoms with Crippen molar-refractivity contribution in [3.63, 3.8) is 0 Å². The number of rotatable bonds is 9. The van der Waals surface area contributed by atoms with Crippen molar-refractivity contribution >= 4 is 27.5 Å². The van der Waals surface area contributed by atoms with Gasteiger partial charge in [0.25, 0.3) is 0 Å². The number of benzene rings is 2. The van der Waals surface area contributed by atoms with Crippen molar-refractivity contribution in [3.05, 3.63) is 65.2 Å². The van der Waals surface area contributed by atoms with Crippen molar-refractivity contribution in [3.8, 4) is 0 Å². The van der Waals surface area contributed by atoms with E-state index in [0.29, 0.717) is 5.69 Å². The van der Waals surface area contributed by atoms with Crippen LogP contribution in [0.15, 0.2) is 48.5 Å². The molecule has 0 spiro atoms. The molecule has 2 aromatic carbocycles. The highest BCUT2D eigenvalue weighted by Crippen LogP contribution is 2.25. The molecule has 1 aliphatic carbocycles. The zero-order valence-electron chi connectivity index (χ0n) is 21.2. The van der Waals surface area contributed by atoms with E-state index in [1.165, 1.54) is 11.3 Å². The lowest BCUT2D eigenvalue weighted by atomic mass is 9.95. The van der Waals surface area contributed by atoms with Crippen LogP contribution in [0, 0.1) is 13.8 Å². The van der Waals surface area contributed by atoms with Gasteiger partial charge in [-0.1, -0.05) is 61.7 Å². The Hall–Kier alpha value is -2.87. The largest absolute Gasteiger partial charge is 0.352 e. The van der Waals surface area contributed by atoms with E-state index in [2.05, 4.69) is 5.32 Å². The van der Waals surface area contributed by atoms with Crippen LogP contribution in [-0.4, -0.2) is 50.0 Å². The first-order chi connectivity index (χ1) is 16.6. The third-order valence-corrected chi connectivity index (χ3v) is 7.96. The standard InChI is InChI=1S/C27H37N3O4S/c1-20-12-11-17-25(21(20)2)30(35(4,33)34)19-26(31)29(18-23-13-7-5-8-14-23)22(3)27(32)28-24-15-9-6-10-16-24/h5,7-8,11-14,17,22,24H,6,9-10,15-16,18-19H2,1-4H3,(H,28,32). The first-order valence-corrected chi connectivity index (χ1v) is 14.1. The van der Waals surface area contributed by atoms with Gasteiger partial charge in [-0.3, -0.25) is 13.9 Å². The number of hydrogen-bond donors (Lipinski definition) is 1. The summed E-state index contributed by atoms with van der Waals surface area (Å²) in [6.45, 7) is 5.29. The van der Waals surface area contributed by atoms with Crippen LogP contribution in [0.25, 0.3) is 0 Å². The molecule has 0 aromatic heterocycles. The number of aryl methyl sites for hydroxylation is 1. The zero-order chi connectivity index (χ0) is 25.6. The smallest absolute Gasteiger partial charge is 0.244 e. The molecule has 0 saturated heterocycles. The molecule has 0 radical (unpaired) electrons. The van der Waals surface area contributed by atoms with Crippen molar-refractivity contribution in [2.75, 3.05) is 17.1 Å². The predicted octanol–water partition coefficient (Wildman–Crippen LogP) is 3.94. The Bertz CT molecular complexity index is 1130. The third-order valence-electron chi connectivity index (χ3n) is 6.84. The van der Waals surface area contributed by atoms with Gasteiger partial charge in [0.05, 0.1) is 11.9 Å². The highest BCUT2D eigenvalue weighted by atomic mass is 32.2. The van der Waals surface area contributed by atoms with Gasteiger partial charge in [-0.25, -0.2) is 8.42 Å². The van der Waals surface area contributed by atoms with Gasteiger partial charge < -0.3 is 10.2 Å². The summed E-state index contributed by atoms with van der Waals surface area (Å²) in [6, 6.07) is 14.2. The van der Waals surface area contributed by atoms with Gasteiger partial charge in [-0.05, 0) is 56.4 Å². The fourth-order valence-corrected chi connectivity index (χ4v) is 5.43. The van der Waals surface area contributed by atoms with Crippen molar-refractivity contribution in [2.24, 2.45) is 0 Å². The number of carbonyl (C=O) groups is 2. The number of nitrogens with zero attached hydrogens (tertiary/aromatic N) is 2. The van der Waals surface area contributed by atoms with Gasteiger partial charge in [-0.15, -0.1) is 0 Å². The Morgan fingerprint density at radius 2 is 1.66 bits per heavy atom. The molecule has 1 N–H and O–H groups in total. The van der Waals surface area contributed by atoms with E-state index >= 15 is 0 Å². The van der Waals surface area contributed by atoms with Gasteiger partial charge in [-0.2, -0.15) is 0 Å². The average Bonchev–Trinajstić information content (AvgIpc) is 2.83. The highest BCUT2D eigenvalue weighted by molar-refractivity contribution is 7.92. The molecule has 1 atom stereocenters. The lowest BCUT2D eigenvalue weighted by molar-refractivity contribution is -0.139. The molecule has 35 heavy (non-hydrogen) atoms. The SMILES string of the molecule is Cc1cccc(N(CC(=O)N(Cc2ccccc2)C(C)C(=O)NC2CCCCC2)S(C)(=O)=O)c1C. The molecule has 7 nitrogen and oxygen atoms in total. The van der Waals surface area contributed by atoms with Crippen LogP contribution >= 0.6 is 0 Å². The number of sulfonamides is 1. The minimum Gasteiger partial charge on any atom is -0.352 e. The molecular weight excluding hydrogens is 462 g/mol. The van der Waals surface area contributed by atoms with Crippen LogP contribution in [0.4, 0.5) is 5.69 Å². The Kier molecular flexibility index (Phi) is 8.94. The summed E-state index contributed by atoms with van der Waals surface area (Å²) < 4.78 is 26.6. The van der Waals surface area contributed by atoms with Crippen molar-refractivity contribution in [2.45, 2.75) is 71.5 Å². The Morgan fingerprint density at radius 3 is 2.29 bits per heavy atom. The summed E-state index contributed by atoms with van der Waals surface area (Å²) in [5.41, 5.74) is 3.07. The third kappa shape index (κ3) is 7.07. The molecule has 2 amide bonds. The quantitative estimate of drug-likeness (QED) is 0.566. The monoisotopic (exact) mass is 499 g/mol. The number of amides is 2. The molecule has 0 heterocycles. The first kappa shape index (κ1) is 26.7. The molecule has 1 saturated carbocycles. The van der Waals surface area contributed by atoms with Gasteiger partial charge in [0.2, 0.25) is 21.8 Å². The molecule has 1 aliphatic rings. The predicted molar refractivity (Wildman–Crippen MR) is 140 cm³/mol. The van der Waals surface area contributed by atoms with Gasteiger partial charge in [0, 0.05) is 12.6 Å². The summed E-state index contributed by atoms with van der Waals surface area (Å²) in [5.74, 6) is -0.634. The molecule has 0 bridgehead atoms. The van der Waals surface area contributed by atoms with Crippen LogP contribution in [0.2, 0.25) is 0 Å². The fourth-order valence-electron chi connectivity index (χ4n) is 4.53. The Labute approximate surface area is 209 Å². The van der Waals surface area contributed by atoms with Crippen LogP contribution < -0.4 is 9.62 Å². The minimum atomic E-state index is -3.74. The molecule has 1 fully saturated rings. The van der Waals surface area contributed by atoms with Gasteiger partial charge >= 0.3 is 0 Å². The molecule has 190 valence electrons. The molecule has 3 rings (SSSR count). The normalized spacial score (nSPS) is 15.3. The van der Waals surface area contributed by atoms with E-state index < -0.39 is 22.0 Å². The van der Waals surface area contributed by atoms with E-state index in [0.717, 1.165) is 52.9 Å². The maximum absolute atomic E-state index is 13.7. The van der Waals surface area contributed by atoms with Crippen LogP contribution in [0.1, 0.15) is 55.7 Å². The molecule has 0 aliphatic heterocycles. The Balaban J connectivity index is 1.88. The number of anilines is 1. The van der Waals surface area contributed by atoms with E-state index in [1.54, 1.807) is 19.1 Å². The van der Waals surface area contributed by atoms with E-state index in [1.807, 2.05) is 50.2 Å². The van der Waals surface area contributed by atoms with E-state index in [-0.39, 0.29) is 25.0 Å². The maximum atomic E-state index is 13.7. The van der Waals surface area contributed by atoms with E-state index in [4.69, 9.17) is 0 Å². The summed E-state index contributed by atoms with van der Waals surface area (Å²) in [7, 11) is -3.74. The van der Waals surface area contributed by atoms with Crippen LogP contribution in [-0.2, 0) is 26.2 Å². The topological polar surface area (TPSA) is 86.8 Å². The molecule has 2 aromatic rings. The highest BCUT2D eigenvalue weighted by Gasteiger charge is 2.31. The van der Waals surface area contributed by atoms with Crippen LogP contribution in [0.5, 0.6) is 0 Å². The fraction of sp³-hybridized carbons (Fsp3) is 0.481. The van der Waals surface area contributed by atoms with Gasteiger partial charge in [0.15, 0.2) is 0 Å². The molecular formula is C27H37N3O4S. The second-order valence-corrected chi connectivity index (χ2v) is 11.4. The number of nitrogens with one attached hydrogen (secondary N) is 1. The van der Waals surface area contributed by atoms with Crippen molar-refractivity contribution in [1.29, 1.82) is 0 Å². The maximum Gasteiger partial charge on any atom is 0.244 e. The minimum absolute atomic E-state index is 0.120. The summed E-state index contributed by atoms with van der Waals surface area (Å²) in [6.07, 6.45) is 6.35. The van der Waals surface area contributed by atoms with Crippen LogP contribution in [0.3, 0.4) is 0 Å². The summed E-state index contributed by atoms with van der Waals surface area (Å²) in [5, 5.41) is 3.11. The Morgan fingerprint density at radius 1 is 1.00 bits per heavy atom. The second kappa shape index (κ2) is 11.7. The zero-order valence-corrected chi connectivity index (χ0v) is 22.0. The average molecular weight is 500 g/mol. The molecule has 1 unspecified atom stereocenters. The lowest BCUT2D eigenvalue weighted by Gasteiger charge is -2.33. The number of hydrogen-bond acceptors (Lipinski definition) is 4. The lowest BCUT2D eigenvalue weighted by Crippen LogP contribution is -2.53. The first-order valence-electron chi connectivity index (χ1n) is 12.3. The van der Waals surface area contributed by atoms with E-state index in [9.17, 15) is 18.0 Å². The van der Waals surface area contributed by atoms with Crippen molar-refractivity contribution in [1.82, 2.24) is 10.2 Å². The molecule has 8 heteroatoms. The summed E-state index contributed by atoms with van der Waals surface area (Å²) in [4.78, 5) is 28.3. The van der Waals surface area contributed by atoms with Crippen molar-refractivity contribution < 1.29 is 18.0 Å². The second-order valence-electron chi connectivity index (χ2n) is 9.52.